The van der Waals surface area contributed by atoms with Gasteiger partial charge in [0, 0.05) is 23.8 Å². The first-order valence-electron chi connectivity index (χ1n) is 9.76. The summed E-state index contributed by atoms with van der Waals surface area (Å²) in [7, 11) is 0. The van der Waals surface area contributed by atoms with Crippen LogP contribution in [0.1, 0.15) is 35.6 Å². The molecule has 2 aromatic carbocycles. The summed E-state index contributed by atoms with van der Waals surface area (Å²) in [5.74, 6) is 1.85. The van der Waals surface area contributed by atoms with Crippen LogP contribution in [-0.4, -0.2) is 32.8 Å². The number of hydrogen-bond donors (Lipinski definition) is 0. The van der Waals surface area contributed by atoms with Gasteiger partial charge in [0.25, 0.3) is 0 Å². The molecular weight excluding hydrogens is 372 g/mol. The highest BCUT2D eigenvalue weighted by Crippen LogP contribution is 2.44. The van der Waals surface area contributed by atoms with Gasteiger partial charge < -0.3 is 4.74 Å². The summed E-state index contributed by atoms with van der Waals surface area (Å²) in [5, 5.41) is 9.48. The van der Waals surface area contributed by atoms with Crippen LogP contribution >= 0.6 is 11.6 Å². The van der Waals surface area contributed by atoms with Crippen LogP contribution in [0.25, 0.3) is 5.69 Å². The zero-order valence-corrected chi connectivity index (χ0v) is 16.7. The fourth-order valence-electron chi connectivity index (χ4n) is 4.50. The van der Waals surface area contributed by atoms with E-state index in [2.05, 4.69) is 43.9 Å². The van der Waals surface area contributed by atoms with Crippen molar-refractivity contribution in [3.8, 4) is 5.69 Å². The van der Waals surface area contributed by atoms with Gasteiger partial charge in [0.15, 0.2) is 5.82 Å². The van der Waals surface area contributed by atoms with Crippen LogP contribution in [0.5, 0.6) is 0 Å². The van der Waals surface area contributed by atoms with Gasteiger partial charge in [-0.15, -0.1) is 10.2 Å². The van der Waals surface area contributed by atoms with Gasteiger partial charge in [-0.1, -0.05) is 35.9 Å². The van der Waals surface area contributed by atoms with Crippen LogP contribution in [0.15, 0.2) is 48.5 Å². The highest BCUT2D eigenvalue weighted by Gasteiger charge is 2.42. The molecular formula is C22H23ClN4O. The van der Waals surface area contributed by atoms with Crippen LogP contribution in [0, 0.1) is 6.92 Å². The minimum Gasteiger partial charge on any atom is -0.365 e. The summed E-state index contributed by atoms with van der Waals surface area (Å²) in [6, 6.07) is 16.5. The maximum Gasteiger partial charge on any atom is 0.151 e. The molecule has 5 nitrogen and oxygen atoms in total. The SMILES string of the molecule is Cc1nnc(CN2CCC3(CC2)OCc2ccccc23)n1-c1ccc(Cl)cc1. The number of halogens is 1. The molecule has 1 spiro atoms. The number of hydrogen-bond acceptors (Lipinski definition) is 4. The lowest BCUT2D eigenvalue weighted by molar-refractivity contribution is -0.0802. The molecule has 0 atom stereocenters. The monoisotopic (exact) mass is 394 g/mol. The Hall–Kier alpha value is -2.21. The molecule has 0 aliphatic carbocycles. The number of fused-ring (bicyclic) bond motifs is 2. The Balaban J connectivity index is 1.33. The van der Waals surface area contributed by atoms with E-state index >= 15 is 0 Å². The average molecular weight is 395 g/mol. The minimum atomic E-state index is -0.104. The molecule has 0 radical (unpaired) electrons. The van der Waals surface area contributed by atoms with Crippen molar-refractivity contribution in [2.75, 3.05) is 13.1 Å². The molecule has 0 amide bonds. The van der Waals surface area contributed by atoms with Crippen molar-refractivity contribution in [2.45, 2.75) is 38.5 Å². The minimum absolute atomic E-state index is 0.104. The smallest absolute Gasteiger partial charge is 0.151 e. The van der Waals surface area contributed by atoms with Crippen molar-refractivity contribution >= 4 is 11.6 Å². The van der Waals surface area contributed by atoms with E-state index in [1.807, 2.05) is 31.2 Å². The molecule has 2 aliphatic rings. The Morgan fingerprint density at radius 1 is 1.04 bits per heavy atom. The Bertz CT molecular complexity index is 990. The van der Waals surface area contributed by atoms with E-state index in [0.29, 0.717) is 0 Å². The number of aromatic nitrogens is 3. The largest absolute Gasteiger partial charge is 0.365 e. The van der Waals surface area contributed by atoms with Gasteiger partial charge in [-0.25, -0.2) is 0 Å². The van der Waals surface area contributed by atoms with Crippen molar-refractivity contribution in [1.82, 2.24) is 19.7 Å². The maximum atomic E-state index is 6.29. The third kappa shape index (κ3) is 3.04. The summed E-state index contributed by atoms with van der Waals surface area (Å²) < 4.78 is 8.40. The Morgan fingerprint density at radius 3 is 2.57 bits per heavy atom. The van der Waals surface area contributed by atoms with Crippen molar-refractivity contribution in [1.29, 1.82) is 0 Å². The molecule has 6 heteroatoms. The van der Waals surface area contributed by atoms with E-state index in [-0.39, 0.29) is 5.60 Å². The van der Waals surface area contributed by atoms with Crippen LogP contribution in [-0.2, 0) is 23.5 Å². The number of rotatable bonds is 3. The van der Waals surface area contributed by atoms with Gasteiger partial charge >= 0.3 is 0 Å². The van der Waals surface area contributed by atoms with Crippen LogP contribution < -0.4 is 0 Å². The Morgan fingerprint density at radius 2 is 1.79 bits per heavy atom. The fourth-order valence-corrected chi connectivity index (χ4v) is 4.63. The fraction of sp³-hybridized carbons (Fsp3) is 0.364. The second-order valence-corrected chi connectivity index (χ2v) is 8.13. The lowest BCUT2D eigenvalue weighted by atomic mass is 9.84. The van der Waals surface area contributed by atoms with Gasteiger partial charge in [-0.05, 0) is 55.2 Å². The van der Waals surface area contributed by atoms with E-state index in [1.54, 1.807) is 0 Å². The van der Waals surface area contributed by atoms with Crippen LogP contribution in [0.2, 0.25) is 5.02 Å². The van der Waals surface area contributed by atoms with E-state index < -0.39 is 0 Å². The molecule has 1 aromatic heterocycles. The van der Waals surface area contributed by atoms with E-state index in [4.69, 9.17) is 16.3 Å². The van der Waals surface area contributed by atoms with Gasteiger partial charge in [-0.3, -0.25) is 9.47 Å². The molecule has 0 bridgehead atoms. The molecule has 3 heterocycles. The average Bonchev–Trinajstić information content (AvgIpc) is 3.26. The molecule has 0 unspecified atom stereocenters. The number of nitrogens with zero attached hydrogens (tertiary/aromatic N) is 4. The Labute approximate surface area is 169 Å². The normalized spacial score (nSPS) is 18.5. The number of aryl methyl sites for hydroxylation is 1. The summed E-state index contributed by atoms with van der Waals surface area (Å²) >= 11 is 6.04. The first-order valence-corrected chi connectivity index (χ1v) is 10.1. The zero-order valence-electron chi connectivity index (χ0n) is 15.9. The summed E-state index contributed by atoms with van der Waals surface area (Å²) in [6.07, 6.45) is 2.02. The lowest BCUT2D eigenvalue weighted by Crippen LogP contribution is -2.42. The molecule has 144 valence electrons. The number of ether oxygens (including phenoxy) is 1. The molecule has 28 heavy (non-hydrogen) atoms. The molecule has 0 saturated carbocycles. The third-order valence-corrected chi connectivity index (χ3v) is 6.27. The summed E-state index contributed by atoms with van der Waals surface area (Å²) in [4.78, 5) is 2.45. The second kappa shape index (κ2) is 6.99. The molecule has 0 N–H and O–H groups in total. The number of piperidine rings is 1. The van der Waals surface area contributed by atoms with Gasteiger partial charge in [0.1, 0.15) is 5.82 Å². The molecule has 3 aromatic rings. The quantitative estimate of drug-likeness (QED) is 0.666. The van der Waals surface area contributed by atoms with E-state index in [1.165, 1.54) is 11.1 Å². The van der Waals surface area contributed by atoms with Crippen molar-refractivity contribution in [2.24, 2.45) is 0 Å². The molecule has 1 fully saturated rings. The first kappa shape index (κ1) is 17.9. The van der Waals surface area contributed by atoms with Crippen molar-refractivity contribution < 1.29 is 4.74 Å². The standard InChI is InChI=1S/C22H23ClN4O/c1-16-24-25-21(27(16)19-8-6-18(23)7-9-19)14-26-12-10-22(11-13-26)20-5-3-2-4-17(20)15-28-22/h2-9H,10-15H2,1H3. The summed E-state index contributed by atoms with van der Waals surface area (Å²) in [6.45, 7) is 5.47. The predicted molar refractivity (Wildman–Crippen MR) is 109 cm³/mol. The van der Waals surface area contributed by atoms with Gasteiger partial charge in [0.2, 0.25) is 0 Å². The van der Waals surface area contributed by atoms with E-state index in [0.717, 1.165) is 61.4 Å². The van der Waals surface area contributed by atoms with Gasteiger partial charge in [0.05, 0.1) is 18.8 Å². The molecule has 5 rings (SSSR count). The zero-order chi connectivity index (χ0) is 19.1. The lowest BCUT2D eigenvalue weighted by Gasteiger charge is -2.39. The second-order valence-electron chi connectivity index (χ2n) is 7.69. The highest BCUT2D eigenvalue weighted by molar-refractivity contribution is 6.30. The first-order chi connectivity index (χ1) is 13.6. The Kier molecular flexibility index (Phi) is 4.46. The van der Waals surface area contributed by atoms with Crippen molar-refractivity contribution in [3.05, 3.63) is 76.3 Å². The molecule has 2 aliphatic heterocycles. The maximum absolute atomic E-state index is 6.29. The molecule has 1 saturated heterocycles. The predicted octanol–water partition coefficient (Wildman–Crippen LogP) is 4.25. The van der Waals surface area contributed by atoms with Crippen molar-refractivity contribution in [3.63, 3.8) is 0 Å². The van der Waals surface area contributed by atoms with Crippen LogP contribution in [0.3, 0.4) is 0 Å². The summed E-state index contributed by atoms with van der Waals surface area (Å²) in [5.41, 5.74) is 3.67. The topological polar surface area (TPSA) is 43.2 Å². The van der Waals surface area contributed by atoms with E-state index in [9.17, 15) is 0 Å². The third-order valence-electron chi connectivity index (χ3n) is 6.02. The number of benzene rings is 2. The van der Waals surface area contributed by atoms with Crippen LogP contribution in [0.4, 0.5) is 0 Å². The van der Waals surface area contributed by atoms with Gasteiger partial charge in [-0.2, -0.15) is 0 Å². The highest BCUT2D eigenvalue weighted by atomic mass is 35.5. The number of likely N-dealkylation sites (tertiary alicyclic amines) is 1.